The molecular weight excluding hydrogens is 360 g/mol. The van der Waals surface area contributed by atoms with Crippen molar-refractivity contribution in [2.24, 2.45) is 0 Å². The largest absolute Gasteiger partial charge is 0.463 e. The van der Waals surface area contributed by atoms with Crippen molar-refractivity contribution in [2.45, 2.75) is 77.8 Å². The first-order chi connectivity index (χ1) is 12.9. The van der Waals surface area contributed by atoms with Gasteiger partial charge in [-0.2, -0.15) is 0 Å². The average molecular weight is 388 g/mol. The molecule has 0 amide bonds. The highest BCUT2D eigenvalue weighted by atomic mass is 16.7. The Labute approximate surface area is 158 Å². The lowest BCUT2D eigenvalue weighted by atomic mass is 9.99. The van der Waals surface area contributed by atoms with E-state index in [4.69, 9.17) is 23.7 Å². The quantitative estimate of drug-likeness (QED) is 0.426. The molecule has 0 aromatic rings. The molecule has 1 aliphatic rings. The van der Waals surface area contributed by atoms with Crippen molar-refractivity contribution in [1.29, 1.82) is 0 Å². The summed E-state index contributed by atoms with van der Waals surface area (Å²) in [5.41, 5.74) is 0. The van der Waals surface area contributed by atoms with Crippen LogP contribution < -0.4 is 0 Å². The normalized spacial score (nSPS) is 24.6. The van der Waals surface area contributed by atoms with Gasteiger partial charge < -0.3 is 23.7 Å². The van der Waals surface area contributed by atoms with Gasteiger partial charge in [-0.25, -0.2) is 0 Å². The van der Waals surface area contributed by atoms with Crippen molar-refractivity contribution in [2.75, 3.05) is 13.2 Å². The molecule has 0 radical (unpaired) electrons. The van der Waals surface area contributed by atoms with Crippen LogP contribution in [-0.2, 0) is 42.9 Å². The van der Waals surface area contributed by atoms with Gasteiger partial charge >= 0.3 is 23.9 Å². The van der Waals surface area contributed by atoms with Gasteiger partial charge in [-0.3, -0.25) is 19.2 Å². The van der Waals surface area contributed by atoms with Crippen molar-refractivity contribution in [3.63, 3.8) is 0 Å². The first kappa shape index (κ1) is 22.9. The molecule has 1 heterocycles. The van der Waals surface area contributed by atoms with Crippen LogP contribution in [0.4, 0.5) is 0 Å². The number of hydrogen-bond donors (Lipinski definition) is 0. The maximum Gasteiger partial charge on any atom is 0.306 e. The number of ether oxygens (including phenoxy) is 5. The highest BCUT2D eigenvalue weighted by Crippen LogP contribution is 2.25. The van der Waals surface area contributed by atoms with E-state index in [2.05, 4.69) is 0 Å². The van der Waals surface area contributed by atoms with Crippen molar-refractivity contribution in [1.82, 2.24) is 0 Å². The molecule has 1 rings (SSSR count). The minimum Gasteiger partial charge on any atom is -0.463 e. The van der Waals surface area contributed by atoms with Crippen molar-refractivity contribution in [3.8, 4) is 0 Å². The topological polar surface area (TPSA) is 114 Å². The van der Waals surface area contributed by atoms with Crippen LogP contribution in [0.2, 0.25) is 0 Å². The van der Waals surface area contributed by atoms with Crippen LogP contribution in [0.5, 0.6) is 0 Å². The van der Waals surface area contributed by atoms with E-state index in [-0.39, 0.29) is 38.9 Å². The lowest BCUT2D eigenvalue weighted by molar-refractivity contribution is -0.233. The summed E-state index contributed by atoms with van der Waals surface area (Å²) < 4.78 is 26.8. The molecule has 0 saturated carbocycles. The van der Waals surface area contributed by atoms with Gasteiger partial charge in [0.05, 0.1) is 6.61 Å². The van der Waals surface area contributed by atoms with Crippen LogP contribution in [0.15, 0.2) is 0 Å². The molecule has 1 fully saturated rings. The minimum absolute atomic E-state index is 0.0814. The highest BCUT2D eigenvalue weighted by Gasteiger charge is 2.47. The summed E-state index contributed by atoms with van der Waals surface area (Å²) in [6, 6.07) is 0. The van der Waals surface area contributed by atoms with E-state index in [1.54, 1.807) is 27.7 Å². The molecule has 1 aliphatic heterocycles. The Hall–Kier alpha value is -2.16. The van der Waals surface area contributed by atoms with E-state index >= 15 is 0 Å². The zero-order valence-electron chi connectivity index (χ0n) is 16.2. The second kappa shape index (κ2) is 11.5. The zero-order chi connectivity index (χ0) is 20.4. The monoisotopic (exact) mass is 388 g/mol. The van der Waals surface area contributed by atoms with Crippen LogP contribution in [0, 0.1) is 0 Å². The number of carbonyl (C=O) groups excluding carboxylic acids is 4. The first-order valence-electron chi connectivity index (χ1n) is 9.21. The van der Waals surface area contributed by atoms with Gasteiger partial charge in [0.1, 0.15) is 12.7 Å². The Kier molecular flexibility index (Phi) is 9.77. The van der Waals surface area contributed by atoms with Crippen molar-refractivity contribution < 1.29 is 42.9 Å². The summed E-state index contributed by atoms with van der Waals surface area (Å²) in [6.07, 6.45) is -3.41. The number of esters is 4. The Morgan fingerprint density at radius 3 is 1.74 bits per heavy atom. The summed E-state index contributed by atoms with van der Waals surface area (Å²) in [5, 5.41) is 0. The van der Waals surface area contributed by atoms with Gasteiger partial charge in [0.2, 0.25) is 0 Å². The average Bonchev–Trinajstić information content (AvgIpc) is 2.68. The lowest BCUT2D eigenvalue weighted by Gasteiger charge is -2.40. The van der Waals surface area contributed by atoms with Crippen LogP contribution in [0.1, 0.15) is 53.4 Å². The molecule has 0 aliphatic carbocycles. The van der Waals surface area contributed by atoms with Gasteiger partial charge in [-0.05, 0) is 0 Å². The predicted molar refractivity (Wildman–Crippen MR) is 91.5 cm³/mol. The van der Waals surface area contributed by atoms with Crippen molar-refractivity contribution in [3.05, 3.63) is 0 Å². The molecule has 0 N–H and O–H groups in total. The molecule has 154 valence electrons. The van der Waals surface area contributed by atoms with E-state index < -0.39 is 48.3 Å². The van der Waals surface area contributed by atoms with Gasteiger partial charge in [0.25, 0.3) is 0 Å². The second-order valence-electron chi connectivity index (χ2n) is 5.91. The van der Waals surface area contributed by atoms with Crippen LogP contribution in [-0.4, -0.2) is 61.5 Å². The van der Waals surface area contributed by atoms with Gasteiger partial charge in [-0.1, -0.05) is 27.7 Å². The number of carbonyl (C=O) groups is 4. The van der Waals surface area contributed by atoms with E-state index in [0.29, 0.717) is 0 Å². The number of hydrogen-bond acceptors (Lipinski definition) is 9. The SMILES string of the molecule is CCC(=O)OC[C@H]1OC[C@H](OC(=O)CC)[C@@H](OC(=O)CC)[C@H]1OC(=O)CC. The molecule has 0 bridgehead atoms. The Morgan fingerprint density at radius 2 is 1.22 bits per heavy atom. The maximum absolute atomic E-state index is 11.9. The molecule has 0 aromatic heterocycles. The van der Waals surface area contributed by atoms with E-state index in [0.717, 1.165) is 0 Å². The van der Waals surface area contributed by atoms with E-state index in [9.17, 15) is 19.2 Å². The molecule has 0 spiro atoms. The molecular formula is C18H28O9. The molecule has 4 atom stereocenters. The minimum atomic E-state index is -1.07. The fraction of sp³-hybridized carbons (Fsp3) is 0.778. The third-order valence-corrected chi connectivity index (χ3v) is 3.91. The van der Waals surface area contributed by atoms with E-state index in [1.165, 1.54) is 0 Å². The zero-order valence-corrected chi connectivity index (χ0v) is 16.2. The van der Waals surface area contributed by atoms with Crippen LogP contribution in [0.3, 0.4) is 0 Å². The van der Waals surface area contributed by atoms with E-state index in [1.807, 2.05) is 0 Å². The second-order valence-corrected chi connectivity index (χ2v) is 5.91. The maximum atomic E-state index is 11.9. The molecule has 9 nitrogen and oxygen atoms in total. The third-order valence-electron chi connectivity index (χ3n) is 3.91. The van der Waals surface area contributed by atoms with Gasteiger partial charge in [0.15, 0.2) is 18.3 Å². The Bertz CT molecular complexity index is 531. The highest BCUT2D eigenvalue weighted by molar-refractivity contribution is 5.71. The van der Waals surface area contributed by atoms with Crippen LogP contribution in [0.25, 0.3) is 0 Å². The molecule has 27 heavy (non-hydrogen) atoms. The Balaban J connectivity index is 3.05. The number of rotatable bonds is 9. The lowest BCUT2D eigenvalue weighted by Crippen LogP contribution is -2.58. The fourth-order valence-corrected chi connectivity index (χ4v) is 2.36. The molecule has 0 aromatic carbocycles. The standard InChI is InChI=1S/C18H28O9/c1-5-13(19)24-9-11-17(26-15(21)7-3)18(27-16(22)8-4)12(10-23-11)25-14(20)6-2/h11-12,17-18H,5-10H2,1-4H3/t11-,12+,17+,18-/m1/s1. The van der Waals surface area contributed by atoms with Crippen LogP contribution >= 0.6 is 0 Å². The first-order valence-corrected chi connectivity index (χ1v) is 9.21. The fourth-order valence-electron chi connectivity index (χ4n) is 2.36. The molecule has 1 saturated heterocycles. The summed E-state index contributed by atoms with van der Waals surface area (Å²) in [6.45, 7) is 6.23. The summed E-state index contributed by atoms with van der Waals surface area (Å²) in [7, 11) is 0. The summed E-state index contributed by atoms with van der Waals surface area (Å²) >= 11 is 0. The van der Waals surface area contributed by atoms with Gasteiger partial charge in [-0.15, -0.1) is 0 Å². The third kappa shape index (κ3) is 7.16. The summed E-state index contributed by atoms with van der Waals surface area (Å²) in [5.74, 6) is -2.03. The molecule has 0 unspecified atom stereocenters. The smallest absolute Gasteiger partial charge is 0.306 e. The summed E-state index contributed by atoms with van der Waals surface area (Å²) in [4.78, 5) is 46.9. The Morgan fingerprint density at radius 1 is 0.741 bits per heavy atom. The predicted octanol–water partition coefficient (Wildman–Crippen LogP) is 1.30. The van der Waals surface area contributed by atoms with Gasteiger partial charge in [0, 0.05) is 25.7 Å². The molecule has 9 heteroatoms. The van der Waals surface area contributed by atoms with Crippen molar-refractivity contribution >= 4 is 23.9 Å².